The zero-order valence-electron chi connectivity index (χ0n) is 9.58. The first-order valence-corrected chi connectivity index (χ1v) is 5.30. The van der Waals surface area contributed by atoms with Crippen molar-refractivity contribution in [3.05, 3.63) is 0 Å². The number of nitriles is 1. The number of amides is 1. The highest BCUT2D eigenvalue weighted by molar-refractivity contribution is 5.86. The Balaban J connectivity index is 2.35. The minimum Gasteiger partial charge on any atom is -0.469 e. The first-order chi connectivity index (χ1) is 7.54. The number of hydrogen-bond donors (Lipinski definition) is 1. The molecule has 0 aromatic carbocycles. The molecule has 0 aromatic rings. The van der Waals surface area contributed by atoms with Crippen LogP contribution >= 0.6 is 0 Å². The van der Waals surface area contributed by atoms with Crippen LogP contribution in [0.3, 0.4) is 0 Å². The lowest BCUT2D eigenvalue weighted by Crippen LogP contribution is -2.48. The van der Waals surface area contributed by atoms with Crippen LogP contribution in [0.5, 0.6) is 0 Å². The lowest BCUT2D eigenvalue weighted by molar-refractivity contribution is -0.140. The molecule has 0 heterocycles. The van der Waals surface area contributed by atoms with Crippen LogP contribution in [0.15, 0.2) is 0 Å². The fraction of sp³-hybridized carbons (Fsp3) is 0.727. The van der Waals surface area contributed by atoms with E-state index in [9.17, 15) is 9.59 Å². The molecule has 0 aromatic heterocycles. The van der Waals surface area contributed by atoms with Crippen molar-refractivity contribution in [1.29, 1.82) is 5.26 Å². The molecule has 1 aliphatic rings. The predicted octanol–water partition coefficient (Wildman–Crippen LogP) is 0.606. The van der Waals surface area contributed by atoms with Gasteiger partial charge in [-0.3, -0.25) is 9.59 Å². The highest BCUT2D eigenvalue weighted by Gasteiger charge is 2.48. The molecule has 5 heteroatoms. The molecule has 5 nitrogen and oxygen atoms in total. The minimum atomic E-state index is -0.866. The maximum absolute atomic E-state index is 11.7. The third kappa shape index (κ3) is 2.51. The summed E-state index contributed by atoms with van der Waals surface area (Å²) in [5.41, 5.74) is -0.866. The van der Waals surface area contributed by atoms with Crippen molar-refractivity contribution in [1.82, 2.24) is 5.32 Å². The van der Waals surface area contributed by atoms with Gasteiger partial charge in [0.1, 0.15) is 5.41 Å². The molecular weight excluding hydrogens is 208 g/mol. The number of nitrogens with one attached hydrogen (secondary N) is 1. The van der Waals surface area contributed by atoms with E-state index in [-0.39, 0.29) is 24.8 Å². The standard InChI is InChI=1S/C11H16N2O3/c1-8-5-11(6-8,7-12)10(15)13-4-3-9(14)16-2/h8H,3-6H2,1-2H3,(H,13,15). The molecule has 0 saturated heterocycles. The maximum Gasteiger partial charge on any atom is 0.307 e. The van der Waals surface area contributed by atoms with Gasteiger partial charge in [-0.15, -0.1) is 0 Å². The number of nitrogens with zero attached hydrogens (tertiary/aromatic N) is 1. The van der Waals surface area contributed by atoms with E-state index in [1.165, 1.54) is 7.11 Å². The maximum atomic E-state index is 11.7. The molecule has 1 fully saturated rings. The Morgan fingerprint density at radius 1 is 1.56 bits per heavy atom. The van der Waals surface area contributed by atoms with Gasteiger partial charge in [0.15, 0.2) is 0 Å². The molecule has 1 saturated carbocycles. The lowest BCUT2D eigenvalue weighted by Gasteiger charge is -2.39. The van der Waals surface area contributed by atoms with Crippen molar-refractivity contribution >= 4 is 11.9 Å². The second-order valence-corrected chi connectivity index (χ2v) is 4.29. The molecule has 0 atom stereocenters. The molecule has 1 amide bonds. The van der Waals surface area contributed by atoms with Crippen LogP contribution in [0.2, 0.25) is 0 Å². The highest BCUT2D eigenvalue weighted by Crippen LogP contribution is 2.44. The van der Waals surface area contributed by atoms with E-state index in [1.807, 2.05) is 6.92 Å². The van der Waals surface area contributed by atoms with Crippen molar-refractivity contribution in [3.63, 3.8) is 0 Å². The summed E-state index contributed by atoms with van der Waals surface area (Å²) in [5.74, 6) is -0.212. The average Bonchev–Trinajstić information content (AvgIpc) is 2.23. The highest BCUT2D eigenvalue weighted by atomic mass is 16.5. The van der Waals surface area contributed by atoms with Crippen molar-refractivity contribution in [3.8, 4) is 6.07 Å². The Morgan fingerprint density at radius 3 is 2.62 bits per heavy atom. The molecular formula is C11H16N2O3. The van der Waals surface area contributed by atoms with E-state index in [0.717, 1.165) is 0 Å². The first-order valence-electron chi connectivity index (χ1n) is 5.30. The van der Waals surface area contributed by atoms with Gasteiger partial charge in [-0.05, 0) is 18.8 Å². The van der Waals surface area contributed by atoms with E-state index >= 15 is 0 Å². The van der Waals surface area contributed by atoms with Crippen LogP contribution in [-0.2, 0) is 14.3 Å². The molecule has 0 spiro atoms. The number of hydrogen-bond acceptors (Lipinski definition) is 4. The fourth-order valence-electron chi connectivity index (χ4n) is 2.01. The zero-order valence-corrected chi connectivity index (χ0v) is 9.58. The van der Waals surface area contributed by atoms with Crippen LogP contribution in [0.4, 0.5) is 0 Å². The third-order valence-corrected chi connectivity index (χ3v) is 2.88. The second kappa shape index (κ2) is 4.97. The summed E-state index contributed by atoms with van der Waals surface area (Å²) in [4.78, 5) is 22.5. The number of esters is 1. The van der Waals surface area contributed by atoms with Gasteiger partial charge in [0.2, 0.25) is 5.91 Å². The van der Waals surface area contributed by atoms with Crippen LogP contribution in [-0.4, -0.2) is 25.5 Å². The van der Waals surface area contributed by atoms with Crippen LogP contribution < -0.4 is 5.32 Å². The molecule has 88 valence electrons. The first kappa shape index (κ1) is 12.5. The van der Waals surface area contributed by atoms with Crippen molar-refractivity contribution in [2.75, 3.05) is 13.7 Å². The monoisotopic (exact) mass is 224 g/mol. The van der Waals surface area contributed by atoms with Gasteiger partial charge in [-0.25, -0.2) is 0 Å². The minimum absolute atomic E-state index is 0.138. The summed E-state index contributed by atoms with van der Waals surface area (Å²) in [6, 6.07) is 2.07. The second-order valence-electron chi connectivity index (χ2n) is 4.29. The van der Waals surface area contributed by atoms with Gasteiger partial charge < -0.3 is 10.1 Å². The Hall–Kier alpha value is -1.57. The molecule has 16 heavy (non-hydrogen) atoms. The largest absolute Gasteiger partial charge is 0.469 e. The van der Waals surface area contributed by atoms with E-state index in [0.29, 0.717) is 18.8 Å². The molecule has 0 bridgehead atoms. The van der Waals surface area contributed by atoms with Gasteiger partial charge in [0, 0.05) is 6.54 Å². The average molecular weight is 224 g/mol. The van der Waals surface area contributed by atoms with E-state index in [4.69, 9.17) is 5.26 Å². The molecule has 0 aliphatic heterocycles. The van der Waals surface area contributed by atoms with Crippen molar-refractivity contribution < 1.29 is 14.3 Å². The number of carbonyl (C=O) groups excluding carboxylic acids is 2. The quantitative estimate of drug-likeness (QED) is 0.709. The molecule has 1 N–H and O–H groups in total. The van der Waals surface area contributed by atoms with Crippen molar-refractivity contribution in [2.24, 2.45) is 11.3 Å². The smallest absolute Gasteiger partial charge is 0.307 e. The number of ether oxygens (including phenoxy) is 1. The summed E-state index contributed by atoms with van der Waals surface area (Å²) < 4.78 is 4.45. The predicted molar refractivity (Wildman–Crippen MR) is 56.1 cm³/mol. The summed E-state index contributed by atoms with van der Waals surface area (Å²) in [5, 5.41) is 11.6. The fourth-order valence-corrected chi connectivity index (χ4v) is 2.01. The summed E-state index contributed by atoms with van der Waals surface area (Å²) in [6.45, 7) is 2.24. The van der Waals surface area contributed by atoms with Gasteiger partial charge in [-0.2, -0.15) is 5.26 Å². The SMILES string of the molecule is COC(=O)CCNC(=O)C1(C#N)CC(C)C1. The Morgan fingerprint density at radius 2 is 2.19 bits per heavy atom. The van der Waals surface area contributed by atoms with E-state index < -0.39 is 5.41 Å². The molecule has 1 rings (SSSR count). The summed E-state index contributed by atoms with van der Waals surface area (Å²) >= 11 is 0. The van der Waals surface area contributed by atoms with Gasteiger partial charge >= 0.3 is 5.97 Å². The molecule has 0 unspecified atom stereocenters. The third-order valence-electron chi connectivity index (χ3n) is 2.88. The van der Waals surface area contributed by atoms with Crippen LogP contribution in [0, 0.1) is 22.7 Å². The molecule has 0 radical (unpaired) electrons. The van der Waals surface area contributed by atoms with Gasteiger partial charge in [0.25, 0.3) is 0 Å². The van der Waals surface area contributed by atoms with Crippen molar-refractivity contribution in [2.45, 2.75) is 26.2 Å². The normalized spacial score (nSPS) is 27.4. The van der Waals surface area contributed by atoms with E-state index in [1.54, 1.807) is 0 Å². The Labute approximate surface area is 94.8 Å². The Kier molecular flexibility index (Phi) is 3.88. The summed E-state index contributed by atoms with van der Waals surface area (Å²) in [7, 11) is 1.30. The van der Waals surface area contributed by atoms with E-state index in [2.05, 4.69) is 16.1 Å². The van der Waals surface area contributed by atoms with Crippen LogP contribution in [0.1, 0.15) is 26.2 Å². The lowest BCUT2D eigenvalue weighted by atomic mass is 9.63. The Bertz CT molecular complexity index is 327. The number of methoxy groups -OCH3 is 1. The van der Waals surface area contributed by atoms with Gasteiger partial charge in [0.05, 0.1) is 19.6 Å². The topological polar surface area (TPSA) is 79.2 Å². The van der Waals surface area contributed by atoms with Crippen LogP contribution in [0.25, 0.3) is 0 Å². The van der Waals surface area contributed by atoms with Gasteiger partial charge in [-0.1, -0.05) is 6.92 Å². The summed E-state index contributed by atoms with van der Waals surface area (Å²) in [6.07, 6.45) is 1.35. The number of carbonyl (C=O) groups is 2. The molecule has 1 aliphatic carbocycles. The number of rotatable bonds is 4. The zero-order chi connectivity index (χ0) is 12.2.